The largest absolute Gasteiger partial charge is 0.467 e. The van der Waals surface area contributed by atoms with Gasteiger partial charge in [-0.3, -0.25) is 14.4 Å². The lowest BCUT2D eigenvalue weighted by Gasteiger charge is -2.45. The number of ether oxygens (including phenoxy) is 2. The highest BCUT2D eigenvalue weighted by Crippen LogP contribution is 2.48. The molecule has 0 amide bonds. The highest BCUT2D eigenvalue weighted by atomic mass is 16.5. The van der Waals surface area contributed by atoms with Crippen molar-refractivity contribution in [3.05, 3.63) is 82.9 Å². The Morgan fingerprint density at radius 3 is 1.81 bits per heavy atom. The van der Waals surface area contributed by atoms with E-state index in [4.69, 9.17) is 9.47 Å². The highest BCUT2D eigenvalue weighted by Gasteiger charge is 2.68. The predicted molar refractivity (Wildman–Crippen MR) is 128 cm³/mol. The molecule has 2 aromatic rings. The average molecular weight is 491 g/mol. The van der Waals surface area contributed by atoms with E-state index < -0.39 is 41.3 Å². The van der Waals surface area contributed by atoms with Crippen LogP contribution in [-0.2, 0) is 23.9 Å². The zero-order chi connectivity index (χ0) is 26.2. The van der Waals surface area contributed by atoms with E-state index in [1.165, 1.54) is 26.0 Å². The van der Waals surface area contributed by atoms with Crippen molar-refractivity contribution in [1.82, 2.24) is 10.4 Å². The summed E-state index contributed by atoms with van der Waals surface area (Å²) in [6.07, 6.45) is 3.55. The molecule has 0 aromatic heterocycles. The molecule has 0 saturated carbocycles. The third kappa shape index (κ3) is 3.86. The number of methoxy groups -OCH3 is 2. The Labute approximate surface area is 208 Å². The minimum atomic E-state index is -1.94. The van der Waals surface area contributed by atoms with E-state index in [1.54, 1.807) is 54.6 Å². The summed E-state index contributed by atoms with van der Waals surface area (Å²) in [6, 6.07) is 11.3. The number of carbonyl (C=O) groups is 5. The number of benzene rings is 2. The van der Waals surface area contributed by atoms with E-state index in [0.29, 0.717) is 22.3 Å². The quantitative estimate of drug-likeness (QED) is 0.282. The number of nitrogens with one attached hydrogen (secondary N) is 1. The summed E-state index contributed by atoms with van der Waals surface area (Å²) >= 11 is 0. The molecule has 0 radical (unpaired) electrons. The van der Waals surface area contributed by atoms with Crippen LogP contribution in [0.4, 0.5) is 0 Å². The lowest BCUT2D eigenvalue weighted by molar-refractivity contribution is -0.161. The van der Waals surface area contributed by atoms with Gasteiger partial charge in [0.15, 0.2) is 23.4 Å². The third-order valence-electron chi connectivity index (χ3n) is 6.77. The molecule has 4 rings (SSSR count). The smallest absolute Gasteiger partial charge is 0.336 e. The minimum Gasteiger partial charge on any atom is -0.467 e. The summed E-state index contributed by atoms with van der Waals surface area (Å²) in [5, 5.41) is 1.44. The fourth-order valence-corrected chi connectivity index (χ4v) is 4.89. The highest BCUT2D eigenvalue weighted by molar-refractivity contribution is 6.20. The molecule has 1 saturated heterocycles. The maximum atomic E-state index is 13.9. The van der Waals surface area contributed by atoms with Crippen LogP contribution in [0.15, 0.2) is 60.7 Å². The van der Waals surface area contributed by atoms with Crippen molar-refractivity contribution in [1.29, 1.82) is 0 Å². The molecule has 4 atom stereocenters. The van der Waals surface area contributed by atoms with Crippen molar-refractivity contribution in [3.63, 3.8) is 0 Å². The van der Waals surface area contributed by atoms with Gasteiger partial charge in [0.2, 0.25) is 5.54 Å². The van der Waals surface area contributed by atoms with E-state index >= 15 is 0 Å². The van der Waals surface area contributed by atoms with Gasteiger partial charge in [-0.25, -0.2) is 20.0 Å². The second kappa shape index (κ2) is 9.60. The van der Waals surface area contributed by atoms with Crippen LogP contribution in [0.5, 0.6) is 0 Å². The molecule has 0 bridgehead atoms. The van der Waals surface area contributed by atoms with Crippen LogP contribution in [0.2, 0.25) is 0 Å². The number of carbonyl (C=O) groups excluding carboxylic acids is 5. The Kier molecular flexibility index (Phi) is 6.71. The molecule has 9 nitrogen and oxygen atoms in total. The molecule has 0 aliphatic carbocycles. The summed E-state index contributed by atoms with van der Waals surface area (Å²) in [7, 11) is 2.34. The Morgan fingerprint density at radius 1 is 0.806 bits per heavy atom. The van der Waals surface area contributed by atoms with Gasteiger partial charge in [0.1, 0.15) is 0 Å². The van der Waals surface area contributed by atoms with E-state index in [9.17, 15) is 24.0 Å². The molecule has 9 heteroatoms. The zero-order valence-corrected chi connectivity index (χ0v) is 20.3. The van der Waals surface area contributed by atoms with E-state index in [0.717, 1.165) is 7.11 Å². The van der Waals surface area contributed by atoms with Gasteiger partial charge in [-0.2, -0.15) is 0 Å². The standard InChI is InChI=1S/C27H26N2O7/c1-15(30)17-5-9-19(10-6-17)21-13-14-22(20-11-7-18(8-12-20)16(2)31)29-27(21,26(34)36-4)24(32)23(28-29)25(33)35-3/h5-14,21-23,28H,1-4H3. The lowest BCUT2D eigenvalue weighted by Crippen LogP contribution is -2.63. The topological polar surface area (TPSA) is 119 Å². The Bertz CT molecular complexity index is 1270. The van der Waals surface area contributed by atoms with Gasteiger partial charge < -0.3 is 9.47 Å². The number of Topliss-reactive ketones (excluding diaryl/α,β-unsaturated/α-hetero) is 3. The number of rotatable bonds is 6. The Morgan fingerprint density at radius 2 is 1.33 bits per heavy atom. The van der Waals surface area contributed by atoms with Crippen LogP contribution in [0.3, 0.4) is 0 Å². The maximum absolute atomic E-state index is 13.9. The van der Waals surface area contributed by atoms with Crippen LogP contribution in [-0.4, -0.2) is 60.1 Å². The van der Waals surface area contributed by atoms with Gasteiger partial charge in [0, 0.05) is 17.0 Å². The first-order chi connectivity index (χ1) is 17.2. The van der Waals surface area contributed by atoms with Crippen molar-refractivity contribution < 1.29 is 33.4 Å². The van der Waals surface area contributed by atoms with Crippen molar-refractivity contribution in [2.75, 3.05) is 14.2 Å². The Hall–Kier alpha value is -3.95. The minimum absolute atomic E-state index is 0.0982. The molecule has 186 valence electrons. The second-order valence-electron chi connectivity index (χ2n) is 8.74. The molecule has 0 spiro atoms. The third-order valence-corrected chi connectivity index (χ3v) is 6.77. The summed E-state index contributed by atoms with van der Waals surface area (Å²) in [5.41, 5.74) is 3.22. The van der Waals surface area contributed by atoms with Crippen molar-refractivity contribution in [3.8, 4) is 0 Å². The molecule has 4 unspecified atom stereocenters. The predicted octanol–water partition coefficient (Wildman–Crippen LogP) is 2.33. The van der Waals surface area contributed by atoms with Crippen molar-refractivity contribution in [2.45, 2.75) is 37.4 Å². The SMILES string of the molecule is COC(=O)C1NN2C(c3ccc(C(C)=O)cc3)C=CC(c3ccc(C(C)=O)cc3)C2(C(=O)OC)C1=O. The first kappa shape index (κ1) is 25.2. The molecule has 2 heterocycles. The molecule has 1 N–H and O–H groups in total. The Balaban J connectivity index is 1.91. The molecular weight excluding hydrogens is 464 g/mol. The van der Waals surface area contributed by atoms with Gasteiger partial charge in [-0.15, -0.1) is 0 Å². The summed E-state index contributed by atoms with van der Waals surface area (Å²) in [5.74, 6) is -3.46. The second-order valence-corrected chi connectivity index (χ2v) is 8.74. The van der Waals surface area contributed by atoms with Gasteiger partial charge in [-0.1, -0.05) is 60.7 Å². The van der Waals surface area contributed by atoms with Crippen LogP contribution in [0, 0.1) is 0 Å². The van der Waals surface area contributed by atoms with E-state index in [-0.39, 0.29) is 11.6 Å². The number of esters is 2. The monoisotopic (exact) mass is 490 g/mol. The molecule has 2 aliphatic rings. The fraction of sp³-hybridized carbons (Fsp3) is 0.296. The first-order valence-corrected chi connectivity index (χ1v) is 11.3. The normalized spacial score (nSPS) is 25.2. The van der Waals surface area contributed by atoms with Crippen molar-refractivity contribution >= 4 is 29.3 Å². The number of ketones is 3. The summed E-state index contributed by atoms with van der Waals surface area (Å²) in [6.45, 7) is 2.90. The number of hydrogen-bond acceptors (Lipinski definition) is 9. The average Bonchev–Trinajstić information content (AvgIpc) is 3.21. The van der Waals surface area contributed by atoms with Gasteiger partial charge in [-0.05, 0) is 25.0 Å². The maximum Gasteiger partial charge on any atom is 0.336 e. The van der Waals surface area contributed by atoms with E-state index in [2.05, 4.69) is 5.43 Å². The van der Waals surface area contributed by atoms with E-state index in [1.807, 2.05) is 6.08 Å². The van der Waals surface area contributed by atoms with Crippen LogP contribution in [0.25, 0.3) is 0 Å². The number of fused-ring (bicyclic) bond motifs is 1. The van der Waals surface area contributed by atoms with Crippen molar-refractivity contribution in [2.24, 2.45) is 0 Å². The molecular formula is C27H26N2O7. The molecule has 2 aliphatic heterocycles. The number of nitrogens with zero attached hydrogens (tertiary/aromatic N) is 1. The molecule has 36 heavy (non-hydrogen) atoms. The lowest BCUT2D eigenvalue weighted by atomic mass is 9.71. The van der Waals surface area contributed by atoms with Crippen LogP contribution < -0.4 is 5.43 Å². The van der Waals surface area contributed by atoms with Crippen LogP contribution in [0.1, 0.15) is 57.7 Å². The summed E-state index contributed by atoms with van der Waals surface area (Å²) < 4.78 is 9.99. The van der Waals surface area contributed by atoms with Crippen LogP contribution >= 0.6 is 0 Å². The first-order valence-electron chi connectivity index (χ1n) is 11.3. The number of hydrazine groups is 1. The van der Waals surface area contributed by atoms with Gasteiger partial charge in [0.25, 0.3) is 0 Å². The summed E-state index contributed by atoms with van der Waals surface area (Å²) in [4.78, 5) is 63.5. The van der Waals surface area contributed by atoms with Gasteiger partial charge in [0.05, 0.1) is 20.3 Å². The molecule has 1 fully saturated rings. The zero-order valence-electron chi connectivity index (χ0n) is 20.3. The van der Waals surface area contributed by atoms with Gasteiger partial charge >= 0.3 is 11.9 Å². The number of hydrogen-bond donors (Lipinski definition) is 1. The fourth-order valence-electron chi connectivity index (χ4n) is 4.89. The molecule has 2 aromatic carbocycles.